The molecule has 1 amide bonds. The van der Waals surface area contributed by atoms with E-state index >= 15 is 0 Å². The van der Waals surface area contributed by atoms with Crippen LogP contribution >= 0.6 is 23.4 Å². The van der Waals surface area contributed by atoms with Gasteiger partial charge in [0.25, 0.3) is 0 Å². The fourth-order valence-corrected chi connectivity index (χ4v) is 4.21. The quantitative estimate of drug-likeness (QED) is 0.280. The Labute approximate surface area is 208 Å². The van der Waals surface area contributed by atoms with Crippen molar-refractivity contribution in [2.45, 2.75) is 31.7 Å². The minimum atomic E-state index is -0.378. The van der Waals surface area contributed by atoms with Gasteiger partial charge in [-0.3, -0.25) is 9.36 Å². The van der Waals surface area contributed by atoms with E-state index in [1.807, 2.05) is 30.5 Å². The van der Waals surface area contributed by atoms with Crippen molar-refractivity contribution >= 4 is 35.0 Å². The summed E-state index contributed by atoms with van der Waals surface area (Å²) >= 11 is 7.31. The first-order chi connectivity index (χ1) is 16.4. The Hall–Kier alpha value is -3.17. The van der Waals surface area contributed by atoms with Crippen LogP contribution in [0.1, 0.15) is 24.4 Å². The van der Waals surface area contributed by atoms with Crippen LogP contribution < -0.4 is 19.5 Å². The number of aromatic nitrogens is 3. The van der Waals surface area contributed by atoms with E-state index in [2.05, 4.69) is 22.1 Å². The van der Waals surface area contributed by atoms with Crippen molar-refractivity contribution in [2.24, 2.45) is 0 Å². The molecule has 1 N–H and O–H groups in total. The third kappa shape index (κ3) is 6.24. The van der Waals surface area contributed by atoms with Crippen LogP contribution in [-0.2, 0) is 11.3 Å². The number of carbonyl (C=O) groups excluding carboxylic acids is 1. The molecular weight excluding hydrogens is 476 g/mol. The molecule has 8 nitrogen and oxygen atoms in total. The van der Waals surface area contributed by atoms with Crippen LogP contribution in [0.2, 0.25) is 5.02 Å². The van der Waals surface area contributed by atoms with Gasteiger partial charge in [0, 0.05) is 17.6 Å². The highest BCUT2D eigenvalue weighted by Gasteiger charge is 2.20. The monoisotopic (exact) mass is 502 g/mol. The Balaban J connectivity index is 1.71. The largest absolute Gasteiger partial charge is 0.497 e. The van der Waals surface area contributed by atoms with Gasteiger partial charge in [-0.2, -0.15) is 0 Å². The fraction of sp³-hybridized carbons (Fsp3) is 0.292. The number of halogens is 1. The molecule has 0 spiro atoms. The third-order valence-electron chi connectivity index (χ3n) is 4.87. The summed E-state index contributed by atoms with van der Waals surface area (Å²) in [7, 11) is 3.10. The van der Waals surface area contributed by atoms with Crippen LogP contribution in [0.5, 0.6) is 17.2 Å². The predicted octanol–water partition coefficient (Wildman–Crippen LogP) is 5.31. The average Bonchev–Trinajstić information content (AvgIpc) is 3.22. The molecule has 0 fully saturated rings. The van der Waals surface area contributed by atoms with E-state index in [0.717, 1.165) is 5.56 Å². The number of benzene rings is 2. The highest BCUT2D eigenvalue weighted by molar-refractivity contribution is 7.99. The van der Waals surface area contributed by atoms with Crippen LogP contribution in [0.3, 0.4) is 0 Å². The number of nitrogens with zero attached hydrogens (tertiary/aromatic N) is 3. The van der Waals surface area contributed by atoms with Crippen LogP contribution in [0, 0.1) is 6.92 Å². The van der Waals surface area contributed by atoms with Gasteiger partial charge in [0.2, 0.25) is 5.91 Å². The summed E-state index contributed by atoms with van der Waals surface area (Å²) < 4.78 is 18.5. The van der Waals surface area contributed by atoms with Crippen molar-refractivity contribution in [3.05, 3.63) is 65.5 Å². The summed E-state index contributed by atoms with van der Waals surface area (Å²) in [6.07, 6.45) is 1.37. The highest BCUT2D eigenvalue weighted by atomic mass is 35.5. The Morgan fingerprint density at radius 1 is 1.21 bits per heavy atom. The van der Waals surface area contributed by atoms with Crippen molar-refractivity contribution in [1.82, 2.24) is 14.8 Å². The molecule has 10 heteroatoms. The molecule has 0 bridgehead atoms. The number of ether oxygens (including phenoxy) is 3. The minimum Gasteiger partial charge on any atom is -0.497 e. The number of thioether (sulfide) groups is 1. The molecule has 0 aliphatic rings. The van der Waals surface area contributed by atoms with E-state index in [9.17, 15) is 4.79 Å². The zero-order valence-corrected chi connectivity index (χ0v) is 21.1. The standard InChI is InChI=1S/C24H27ClN4O4S/c1-6-11-29-23(16(3)33-20-9-7-17(25)12-15(20)2)27-28-24(29)34-14-22(30)26-19-13-18(31-4)8-10-21(19)32-5/h6-10,12-13,16H,1,11,14H2,2-5H3,(H,26,30). The SMILES string of the molecule is C=CCn1c(SCC(=O)Nc2cc(OC)ccc2OC)nnc1C(C)Oc1ccc(Cl)cc1C. The summed E-state index contributed by atoms with van der Waals surface area (Å²) in [6.45, 7) is 8.13. The number of hydrogen-bond donors (Lipinski definition) is 1. The number of carbonyl (C=O) groups is 1. The van der Waals surface area contributed by atoms with E-state index in [0.29, 0.717) is 45.5 Å². The number of amides is 1. The first-order valence-corrected chi connectivity index (χ1v) is 11.8. The van der Waals surface area contributed by atoms with Crippen LogP contribution in [-0.4, -0.2) is 40.6 Å². The van der Waals surface area contributed by atoms with Gasteiger partial charge in [0.15, 0.2) is 17.1 Å². The van der Waals surface area contributed by atoms with E-state index < -0.39 is 0 Å². The third-order valence-corrected chi connectivity index (χ3v) is 6.08. The normalized spacial score (nSPS) is 11.6. The summed E-state index contributed by atoms with van der Waals surface area (Å²) in [4.78, 5) is 12.6. The van der Waals surface area contributed by atoms with Gasteiger partial charge in [-0.1, -0.05) is 29.4 Å². The number of nitrogens with one attached hydrogen (secondary N) is 1. The number of hydrogen-bond acceptors (Lipinski definition) is 7. The Kier molecular flexibility index (Phi) is 8.84. The summed E-state index contributed by atoms with van der Waals surface area (Å²) in [6, 6.07) is 10.7. The van der Waals surface area contributed by atoms with Crippen LogP contribution in [0.25, 0.3) is 0 Å². The number of rotatable bonds is 11. The maximum absolute atomic E-state index is 12.6. The molecule has 1 heterocycles. The Bertz CT molecular complexity index is 1170. The minimum absolute atomic E-state index is 0.126. The zero-order chi connectivity index (χ0) is 24.7. The molecule has 1 unspecified atom stereocenters. The number of methoxy groups -OCH3 is 2. The van der Waals surface area contributed by atoms with Crippen molar-refractivity contribution < 1.29 is 19.0 Å². The topological polar surface area (TPSA) is 87.5 Å². The van der Waals surface area contributed by atoms with Gasteiger partial charge >= 0.3 is 0 Å². The smallest absolute Gasteiger partial charge is 0.234 e. The first-order valence-electron chi connectivity index (χ1n) is 10.5. The fourth-order valence-electron chi connectivity index (χ4n) is 3.22. The van der Waals surface area contributed by atoms with E-state index in [1.165, 1.54) is 11.8 Å². The lowest BCUT2D eigenvalue weighted by molar-refractivity contribution is -0.113. The summed E-state index contributed by atoms with van der Waals surface area (Å²) in [5.74, 6) is 2.41. The lowest BCUT2D eigenvalue weighted by atomic mass is 10.2. The van der Waals surface area contributed by atoms with Gasteiger partial charge in [-0.05, 0) is 49.7 Å². The second-order valence-corrected chi connectivity index (χ2v) is 8.69. The molecule has 0 saturated carbocycles. The first kappa shape index (κ1) is 25.5. The molecule has 1 aromatic heterocycles. The molecule has 34 heavy (non-hydrogen) atoms. The second kappa shape index (κ2) is 11.8. The number of aryl methyl sites for hydroxylation is 1. The van der Waals surface area contributed by atoms with Gasteiger partial charge in [0.05, 0.1) is 25.7 Å². The highest BCUT2D eigenvalue weighted by Crippen LogP contribution is 2.30. The number of anilines is 1. The van der Waals surface area contributed by atoms with E-state index in [-0.39, 0.29) is 17.8 Å². The average molecular weight is 503 g/mol. The van der Waals surface area contributed by atoms with Gasteiger partial charge in [-0.25, -0.2) is 0 Å². The lowest BCUT2D eigenvalue weighted by Gasteiger charge is -2.17. The van der Waals surface area contributed by atoms with E-state index in [1.54, 1.807) is 44.6 Å². The van der Waals surface area contributed by atoms with Crippen molar-refractivity contribution in [3.63, 3.8) is 0 Å². The summed E-state index contributed by atoms with van der Waals surface area (Å²) in [5.41, 5.74) is 1.45. The van der Waals surface area contributed by atoms with Crippen molar-refractivity contribution in [3.8, 4) is 17.2 Å². The molecule has 180 valence electrons. The van der Waals surface area contributed by atoms with Gasteiger partial charge < -0.3 is 19.5 Å². The molecule has 0 aliphatic heterocycles. The predicted molar refractivity (Wildman–Crippen MR) is 134 cm³/mol. The van der Waals surface area contributed by atoms with Crippen molar-refractivity contribution in [2.75, 3.05) is 25.3 Å². The number of allylic oxidation sites excluding steroid dienone is 1. The molecule has 3 rings (SSSR count). The Morgan fingerprint density at radius 3 is 2.65 bits per heavy atom. The summed E-state index contributed by atoms with van der Waals surface area (Å²) in [5, 5.41) is 12.7. The molecule has 0 saturated heterocycles. The molecule has 1 atom stereocenters. The van der Waals surface area contributed by atoms with Crippen molar-refractivity contribution in [1.29, 1.82) is 0 Å². The molecular formula is C24H27ClN4O4S. The van der Waals surface area contributed by atoms with Gasteiger partial charge in [0.1, 0.15) is 17.2 Å². The maximum atomic E-state index is 12.6. The lowest BCUT2D eigenvalue weighted by Crippen LogP contribution is -2.16. The van der Waals surface area contributed by atoms with E-state index in [4.69, 9.17) is 25.8 Å². The second-order valence-electron chi connectivity index (χ2n) is 7.31. The molecule has 0 radical (unpaired) electrons. The van der Waals surface area contributed by atoms with Crippen LogP contribution in [0.15, 0.2) is 54.2 Å². The Morgan fingerprint density at radius 2 is 1.97 bits per heavy atom. The van der Waals surface area contributed by atoms with Crippen LogP contribution in [0.4, 0.5) is 5.69 Å². The molecule has 2 aromatic carbocycles. The molecule has 0 aliphatic carbocycles. The van der Waals surface area contributed by atoms with Gasteiger partial charge in [-0.15, -0.1) is 16.8 Å². The maximum Gasteiger partial charge on any atom is 0.234 e. The zero-order valence-electron chi connectivity index (χ0n) is 19.5. The molecule has 3 aromatic rings.